The van der Waals surface area contributed by atoms with Crippen LogP contribution in [0.2, 0.25) is 0 Å². The molecule has 2 aromatic heterocycles. The number of nitrogens with zero attached hydrogens (tertiary/aromatic N) is 3. The molecule has 4 aromatic rings. The maximum atomic E-state index is 13.6. The Hall–Kier alpha value is -3.97. The number of aryl methyl sites for hydroxylation is 1. The van der Waals surface area contributed by atoms with Gasteiger partial charge in [0, 0.05) is 31.7 Å². The Labute approximate surface area is 191 Å². The van der Waals surface area contributed by atoms with Gasteiger partial charge in [0.2, 0.25) is 0 Å². The van der Waals surface area contributed by atoms with Gasteiger partial charge in [-0.25, -0.2) is 4.98 Å². The Bertz CT molecular complexity index is 1330. The number of carbonyl (C=O) groups is 1. The fraction of sp³-hybridized carbons (Fsp3) is 0.192. The van der Waals surface area contributed by atoms with Crippen LogP contribution in [0, 0.1) is 6.92 Å². The van der Waals surface area contributed by atoms with Crippen LogP contribution in [0.15, 0.2) is 54.6 Å². The van der Waals surface area contributed by atoms with Crippen LogP contribution in [0.4, 0.5) is 0 Å². The van der Waals surface area contributed by atoms with Crippen LogP contribution in [-0.2, 0) is 0 Å². The molecule has 0 saturated carbocycles. The van der Waals surface area contributed by atoms with E-state index < -0.39 is 0 Å². The first-order valence-corrected chi connectivity index (χ1v) is 11.0. The number of carbonyl (C=O) groups excluding carboxylic acids is 1. The number of pyridine rings is 1. The summed E-state index contributed by atoms with van der Waals surface area (Å²) in [7, 11) is 0. The highest BCUT2D eigenvalue weighted by molar-refractivity contribution is 6.09. The molecule has 1 fully saturated rings. The van der Waals surface area contributed by atoms with Crippen molar-refractivity contribution in [3.05, 3.63) is 77.0 Å². The smallest absolute Gasteiger partial charge is 0.254 e. The summed E-state index contributed by atoms with van der Waals surface area (Å²) >= 11 is 0. The second-order valence-electron chi connectivity index (χ2n) is 8.17. The highest BCUT2D eigenvalue weighted by Crippen LogP contribution is 2.29. The summed E-state index contributed by atoms with van der Waals surface area (Å²) in [6.45, 7) is 4.93. The predicted molar refractivity (Wildman–Crippen MR) is 130 cm³/mol. The fourth-order valence-electron chi connectivity index (χ4n) is 4.10. The van der Waals surface area contributed by atoms with Gasteiger partial charge in [-0.1, -0.05) is 30.3 Å². The van der Waals surface area contributed by atoms with Crippen LogP contribution in [0.25, 0.3) is 34.4 Å². The number of piperazine rings is 1. The molecule has 2 aromatic carbocycles. The van der Waals surface area contributed by atoms with Gasteiger partial charge in [0.25, 0.3) is 5.91 Å². The van der Waals surface area contributed by atoms with E-state index in [4.69, 9.17) is 4.98 Å². The third-order valence-electron chi connectivity index (χ3n) is 5.97. The van der Waals surface area contributed by atoms with Crippen molar-refractivity contribution >= 4 is 29.1 Å². The third-order valence-corrected chi connectivity index (χ3v) is 5.97. The number of aromatic hydroxyl groups is 1. The molecule has 0 bridgehead atoms. The molecule has 0 unspecified atom stereocenters. The Balaban J connectivity index is 1.63. The van der Waals surface area contributed by atoms with E-state index in [1.165, 1.54) is 5.56 Å². The lowest BCUT2D eigenvalue weighted by atomic mass is 10.0. The minimum Gasteiger partial charge on any atom is -0.508 e. The van der Waals surface area contributed by atoms with Crippen molar-refractivity contribution in [2.75, 3.05) is 26.2 Å². The zero-order valence-electron chi connectivity index (χ0n) is 18.4. The molecule has 0 atom stereocenters. The Morgan fingerprint density at radius 1 is 1.06 bits per heavy atom. The number of hydrogen-bond acceptors (Lipinski definition) is 5. The second kappa shape index (κ2) is 8.88. The van der Waals surface area contributed by atoms with E-state index in [1.54, 1.807) is 24.3 Å². The van der Waals surface area contributed by atoms with E-state index in [0.717, 1.165) is 29.9 Å². The zero-order valence-corrected chi connectivity index (χ0v) is 18.4. The molecule has 1 aliphatic rings. The lowest BCUT2D eigenvalue weighted by Gasteiger charge is -2.27. The molecule has 0 radical (unpaired) electrons. The van der Waals surface area contributed by atoms with Gasteiger partial charge in [-0.2, -0.15) is 5.10 Å². The van der Waals surface area contributed by atoms with E-state index in [0.29, 0.717) is 35.4 Å². The summed E-state index contributed by atoms with van der Waals surface area (Å²) in [5.41, 5.74) is 5.53. The summed E-state index contributed by atoms with van der Waals surface area (Å²) in [5, 5.41) is 21.1. The van der Waals surface area contributed by atoms with Crippen molar-refractivity contribution in [1.82, 2.24) is 25.4 Å². The average molecular weight is 440 g/mol. The molecule has 1 amide bonds. The molecule has 0 aliphatic carbocycles. The number of aromatic amines is 1. The molecule has 3 N–H and O–H groups in total. The largest absolute Gasteiger partial charge is 0.508 e. The number of nitrogens with one attached hydrogen (secondary N) is 2. The maximum Gasteiger partial charge on any atom is 0.254 e. The summed E-state index contributed by atoms with van der Waals surface area (Å²) in [5.74, 6) is 0.149. The zero-order chi connectivity index (χ0) is 22.8. The van der Waals surface area contributed by atoms with Gasteiger partial charge in [-0.05, 0) is 54.5 Å². The standard InChI is InChI=1S/C26H25N5O2/c1-17-4-2-3-5-18(17)8-11-22-24-21(26(33)31-14-12-27-13-15-31)16-23(28-25(24)30-29-22)19-6-9-20(32)10-7-19/h2-11,16,27,32H,12-15H2,1H3,(H,28,29,30). The van der Waals surface area contributed by atoms with Crippen molar-refractivity contribution in [1.29, 1.82) is 0 Å². The predicted octanol–water partition coefficient (Wildman–Crippen LogP) is 3.85. The highest BCUT2D eigenvalue weighted by atomic mass is 16.3. The summed E-state index contributed by atoms with van der Waals surface area (Å²) in [4.78, 5) is 20.2. The molecule has 1 aliphatic heterocycles. The number of fused-ring (bicyclic) bond motifs is 1. The van der Waals surface area contributed by atoms with Gasteiger partial charge >= 0.3 is 0 Å². The molecule has 7 nitrogen and oxygen atoms in total. The Kier molecular flexibility index (Phi) is 5.62. The maximum absolute atomic E-state index is 13.6. The summed E-state index contributed by atoms with van der Waals surface area (Å²) in [6.07, 6.45) is 3.98. The quantitative estimate of drug-likeness (QED) is 0.449. The number of phenolic OH excluding ortho intramolecular Hbond substituents is 1. The number of hydrogen-bond donors (Lipinski definition) is 3. The summed E-state index contributed by atoms with van der Waals surface area (Å²) < 4.78 is 0. The molecular weight excluding hydrogens is 414 g/mol. The summed E-state index contributed by atoms with van der Waals surface area (Å²) in [6, 6.07) is 16.8. The first-order valence-electron chi connectivity index (χ1n) is 11.0. The number of H-pyrrole nitrogens is 1. The number of amides is 1. The molecule has 0 spiro atoms. The molecule has 5 rings (SSSR count). The average Bonchev–Trinajstić information content (AvgIpc) is 3.26. The van der Waals surface area contributed by atoms with Crippen LogP contribution >= 0.6 is 0 Å². The van der Waals surface area contributed by atoms with Gasteiger partial charge in [0.1, 0.15) is 5.75 Å². The first kappa shape index (κ1) is 20.9. The van der Waals surface area contributed by atoms with E-state index in [9.17, 15) is 9.90 Å². The topological polar surface area (TPSA) is 94.1 Å². The van der Waals surface area contributed by atoms with Gasteiger partial charge < -0.3 is 15.3 Å². The van der Waals surface area contributed by atoms with Gasteiger partial charge in [-0.3, -0.25) is 9.89 Å². The van der Waals surface area contributed by atoms with E-state index >= 15 is 0 Å². The van der Waals surface area contributed by atoms with Crippen molar-refractivity contribution in [2.24, 2.45) is 0 Å². The van der Waals surface area contributed by atoms with Gasteiger partial charge in [0.15, 0.2) is 5.65 Å². The lowest BCUT2D eigenvalue weighted by molar-refractivity contribution is 0.0737. The van der Waals surface area contributed by atoms with E-state index in [1.807, 2.05) is 35.3 Å². The lowest BCUT2D eigenvalue weighted by Crippen LogP contribution is -2.46. The van der Waals surface area contributed by atoms with Crippen LogP contribution in [0.3, 0.4) is 0 Å². The SMILES string of the molecule is Cc1ccccc1C=Cc1[nH]nc2nc(-c3ccc(O)cc3)cc(C(=O)N3CCNCC3)c12. The van der Waals surface area contributed by atoms with Crippen LogP contribution < -0.4 is 5.32 Å². The Morgan fingerprint density at radius 3 is 2.58 bits per heavy atom. The molecule has 1 saturated heterocycles. The van der Waals surface area contributed by atoms with Crippen LogP contribution in [0.5, 0.6) is 5.75 Å². The fourth-order valence-corrected chi connectivity index (χ4v) is 4.10. The number of benzene rings is 2. The van der Waals surface area contributed by atoms with Crippen molar-refractivity contribution in [3.63, 3.8) is 0 Å². The minimum absolute atomic E-state index is 0.0316. The van der Waals surface area contributed by atoms with Crippen molar-refractivity contribution in [2.45, 2.75) is 6.92 Å². The second-order valence-corrected chi connectivity index (χ2v) is 8.17. The monoisotopic (exact) mass is 439 g/mol. The van der Waals surface area contributed by atoms with Gasteiger partial charge in [0.05, 0.1) is 22.3 Å². The highest BCUT2D eigenvalue weighted by Gasteiger charge is 2.24. The van der Waals surface area contributed by atoms with Crippen LogP contribution in [-0.4, -0.2) is 57.3 Å². The van der Waals surface area contributed by atoms with E-state index in [-0.39, 0.29) is 11.7 Å². The van der Waals surface area contributed by atoms with Crippen molar-refractivity contribution in [3.8, 4) is 17.0 Å². The Morgan fingerprint density at radius 2 is 1.82 bits per heavy atom. The molecule has 3 heterocycles. The van der Waals surface area contributed by atoms with E-state index in [2.05, 4.69) is 34.6 Å². The number of rotatable bonds is 4. The first-order chi connectivity index (χ1) is 16.1. The third kappa shape index (κ3) is 4.23. The van der Waals surface area contributed by atoms with Crippen molar-refractivity contribution < 1.29 is 9.90 Å². The molecule has 166 valence electrons. The molecular formula is C26H25N5O2. The molecule has 33 heavy (non-hydrogen) atoms. The number of phenols is 1. The number of aromatic nitrogens is 3. The normalized spacial score (nSPS) is 14.3. The molecule has 7 heteroatoms. The van der Waals surface area contributed by atoms with Gasteiger partial charge in [-0.15, -0.1) is 0 Å². The minimum atomic E-state index is -0.0316. The van der Waals surface area contributed by atoms with Crippen LogP contribution in [0.1, 0.15) is 27.2 Å².